The number of nitrogens with two attached hydrogens (primary N) is 1. The zero-order valence-corrected chi connectivity index (χ0v) is 16.8. The molecule has 9 nitrogen and oxygen atoms in total. The van der Waals surface area contributed by atoms with Crippen molar-refractivity contribution < 1.29 is 9.53 Å². The van der Waals surface area contributed by atoms with Crippen molar-refractivity contribution in [3.63, 3.8) is 0 Å². The van der Waals surface area contributed by atoms with Crippen LogP contribution in [0.3, 0.4) is 0 Å². The van der Waals surface area contributed by atoms with E-state index in [9.17, 15) is 10.1 Å². The number of rotatable bonds is 4. The van der Waals surface area contributed by atoms with Crippen LogP contribution in [0.2, 0.25) is 0 Å². The van der Waals surface area contributed by atoms with Crippen LogP contribution in [0.15, 0.2) is 24.4 Å². The van der Waals surface area contributed by atoms with E-state index in [4.69, 9.17) is 10.5 Å². The molecule has 4 rings (SSSR count). The van der Waals surface area contributed by atoms with Gasteiger partial charge in [0.1, 0.15) is 11.1 Å². The number of benzene rings is 1. The average Bonchev–Trinajstić information content (AvgIpc) is 3.39. The van der Waals surface area contributed by atoms with Crippen molar-refractivity contribution >= 4 is 28.0 Å². The number of fused-ring (bicyclic) bond motifs is 1. The fourth-order valence-corrected chi connectivity index (χ4v) is 4.15. The molecule has 4 aromatic rings. The standard InChI is InChI=1S/C19H17N7O2S/c1-4-14-22-23-19-26(14)24-17(29-19)12-6-5-7-13(10(12)2)25-9-11(8-20)15(21)16(25)18(27)28-3/h5-7,9H,4,21H2,1-3H3. The number of ether oxygens (including phenoxy) is 1. The maximum atomic E-state index is 12.3. The molecule has 0 saturated carbocycles. The number of carbonyl (C=O) groups excluding carboxylic acids is 1. The number of nitriles is 1. The van der Waals surface area contributed by atoms with Crippen molar-refractivity contribution in [3.8, 4) is 22.3 Å². The van der Waals surface area contributed by atoms with E-state index < -0.39 is 5.97 Å². The van der Waals surface area contributed by atoms with Crippen LogP contribution in [-0.2, 0) is 11.2 Å². The minimum Gasteiger partial charge on any atom is -0.464 e. The Kier molecular flexibility index (Phi) is 4.52. The Labute approximate surface area is 170 Å². The monoisotopic (exact) mass is 407 g/mol. The van der Waals surface area contributed by atoms with Gasteiger partial charge in [0.05, 0.1) is 18.4 Å². The second-order valence-corrected chi connectivity index (χ2v) is 7.26. The SMILES string of the molecule is CCc1nnc2sc(-c3cccc(-n4cc(C#N)c(N)c4C(=O)OC)c3C)nn12. The van der Waals surface area contributed by atoms with Crippen LogP contribution in [0.4, 0.5) is 5.69 Å². The molecule has 0 aliphatic heterocycles. The summed E-state index contributed by atoms with van der Waals surface area (Å²) in [6, 6.07) is 7.68. The highest BCUT2D eigenvalue weighted by Crippen LogP contribution is 2.33. The number of nitrogens with zero attached hydrogens (tertiary/aromatic N) is 6. The van der Waals surface area contributed by atoms with Crippen LogP contribution in [-0.4, -0.2) is 37.5 Å². The molecule has 0 aliphatic rings. The van der Waals surface area contributed by atoms with Gasteiger partial charge in [0.25, 0.3) is 0 Å². The van der Waals surface area contributed by atoms with E-state index in [1.165, 1.54) is 18.4 Å². The molecular formula is C19H17N7O2S. The number of hydrogen-bond donors (Lipinski definition) is 1. The number of esters is 1. The largest absolute Gasteiger partial charge is 0.464 e. The van der Waals surface area contributed by atoms with Gasteiger partial charge in [-0.25, -0.2) is 4.79 Å². The summed E-state index contributed by atoms with van der Waals surface area (Å²) >= 11 is 1.43. The van der Waals surface area contributed by atoms with Crippen LogP contribution in [0.5, 0.6) is 0 Å². The van der Waals surface area contributed by atoms with Crippen molar-refractivity contribution in [2.45, 2.75) is 20.3 Å². The lowest BCUT2D eigenvalue weighted by Gasteiger charge is -2.13. The van der Waals surface area contributed by atoms with Crippen LogP contribution < -0.4 is 5.73 Å². The number of carbonyl (C=O) groups is 1. The third-order valence-electron chi connectivity index (χ3n) is 4.71. The van der Waals surface area contributed by atoms with Crippen LogP contribution in [0, 0.1) is 18.3 Å². The number of aromatic nitrogens is 5. The third kappa shape index (κ3) is 2.83. The molecule has 0 saturated heterocycles. The lowest BCUT2D eigenvalue weighted by Crippen LogP contribution is -2.12. The summed E-state index contributed by atoms with van der Waals surface area (Å²) in [4.78, 5) is 13.0. The normalized spacial score (nSPS) is 11.0. The third-order valence-corrected chi connectivity index (χ3v) is 5.64. The number of aryl methyl sites for hydroxylation is 1. The Morgan fingerprint density at radius 3 is 2.86 bits per heavy atom. The van der Waals surface area contributed by atoms with E-state index in [0.29, 0.717) is 10.6 Å². The summed E-state index contributed by atoms with van der Waals surface area (Å²) in [6.07, 6.45) is 2.27. The molecule has 0 amide bonds. The van der Waals surface area contributed by atoms with Gasteiger partial charge in [-0.15, -0.1) is 10.2 Å². The Morgan fingerprint density at radius 1 is 1.38 bits per heavy atom. The van der Waals surface area contributed by atoms with Crippen LogP contribution in [0.1, 0.15) is 34.4 Å². The summed E-state index contributed by atoms with van der Waals surface area (Å²) in [5.74, 6) is 0.182. The molecule has 3 aromatic heterocycles. The molecule has 0 aliphatic carbocycles. The molecular weight excluding hydrogens is 390 g/mol. The molecule has 2 N–H and O–H groups in total. The molecule has 10 heteroatoms. The van der Waals surface area contributed by atoms with Gasteiger partial charge < -0.3 is 15.0 Å². The second kappa shape index (κ2) is 7.03. The molecule has 0 bridgehead atoms. The van der Waals surface area contributed by atoms with Crippen molar-refractivity contribution in [3.05, 3.63) is 47.0 Å². The van der Waals surface area contributed by atoms with Crippen molar-refractivity contribution in [1.29, 1.82) is 5.26 Å². The fraction of sp³-hybridized carbons (Fsp3) is 0.211. The summed E-state index contributed by atoms with van der Waals surface area (Å²) in [5, 5.41) is 23.1. The molecule has 0 radical (unpaired) electrons. The minimum atomic E-state index is -0.611. The predicted octanol–water partition coefficient (Wildman–Crippen LogP) is 2.75. The van der Waals surface area contributed by atoms with E-state index in [0.717, 1.165) is 28.4 Å². The van der Waals surface area contributed by atoms with Crippen molar-refractivity contribution in [2.24, 2.45) is 0 Å². The van der Waals surface area contributed by atoms with Gasteiger partial charge in [-0.2, -0.15) is 14.9 Å². The van der Waals surface area contributed by atoms with Gasteiger partial charge in [-0.05, 0) is 18.6 Å². The highest BCUT2D eigenvalue weighted by atomic mass is 32.1. The van der Waals surface area contributed by atoms with Crippen molar-refractivity contribution in [1.82, 2.24) is 24.4 Å². The summed E-state index contributed by atoms with van der Waals surface area (Å²) in [5.41, 5.74) is 8.92. The zero-order valence-electron chi connectivity index (χ0n) is 16.0. The maximum absolute atomic E-state index is 12.3. The lowest BCUT2D eigenvalue weighted by molar-refractivity contribution is 0.0593. The zero-order chi connectivity index (χ0) is 20.7. The number of anilines is 1. The van der Waals surface area contributed by atoms with Crippen molar-refractivity contribution in [2.75, 3.05) is 12.8 Å². The molecule has 29 heavy (non-hydrogen) atoms. The number of nitrogen functional groups attached to an aromatic ring is 1. The topological polar surface area (TPSA) is 124 Å². The average molecular weight is 407 g/mol. The Hall–Kier alpha value is -3.71. The second-order valence-electron chi connectivity index (χ2n) is 6.30. The van der Waals surface area contributed by atoms with E-state index in [-0.39, 0.29) is 16.9 Å². The van der Waals surface area contributed by atoms with E-state index in [1.807, 2.05) is 38.1 Å². The van der Waals surface area contributed by atoms with Gasteiger partial charge in [0.2, 0.25) is 4.96 Å². The molecule has 0 spiro atoms. The quantitative estimate of drug-likeness (QED) is 0.516. The smallest absolute Gasteiger partial charge is 0.357 e. The van der Waals surface area contributed by atoms with E-state index >= 15 is 0 Å². The first kappa shape index (κ1) is 18.6. The minimum absolute atomic E-state index is 0.0931. The first-order valence-corrected chi connectivity index (χ1v) is 9.62. The van der Waals surface area contributed by atoms with Gasteiger partial charge >= 0.3 is 5.97 Å². The lowest BCUT2D eigenvalue weighted by atomic mass is 10.1. The molecule has 1 aromatic carbocycles. The van der Waals surface area contributed by atoms with E-state index in [1.54, 1.807) is 15.3 Å². The Bertz CT molecular complexity index is 1290. The Morgan fingerprint density at radius 2 is 2.17 bits per heavy atom. The highest BCUT2D eigenvalue weighted by molar-refractivity contribution is 7.19. The maximum Gasteiger partial charge on any atom is 0.357 e. The number of methoxy groups -OCH3 is 1. The van der Waals surface area contributed by atoms with Gasteiger partial charge in [-0.1, -0.05) is 30.4 Å². The first-order valence-electron chi connectivity index (χ1n) is 8.80. The summed E-state index contributed by atoms with van der Waals surface area (Å²) in [6.45, 7) is 3.93. The first-order chi connectivity index (χ1) is 14.0. The number of hydrogen-bond acceptors (Lipinski definition) is 8. The van der Waals surface area contributed by atoms with Crippen LogP contribution >= 0.6 is 11.3 Å². The van der Waals surface area contributed by atoms with Crippen LogP contribution in [0.25, 0.3) is 21.2 Å². The van der Waals surface area contributed by atoms with Gasteiger partial charge in [0, 0.05) is 23.9 Å². The molecule has 0 atom stereocenters. The fourth-order valence-electron chi connectivity index (χ4n) is 3.21. The van der Waals surface area contributed by atoms with Gasteiger partial charge in [-0.3, -0.25) is 0 Å². The molecule has 3 heterocycles. The van der Waals surface area contributed by atoms with Gasteiger partial charge in [0.15, 0.2) is 11.5 Å². The highest BCUT2D eigenvalue weighted by Gasteiger charge is 2.23. The molecule has 0 fully saturated rings. The Balaban J connectivity index is 1.91. The molecule has 146 valence electrons. The summed E-state index contributed by atoms with van der Waals surface area (Å²) in [7, 11) is 1.28. The predicted molar refractivity (Wildman–Crippen MR) is 108 cm³/mol. The molecule has 0 unspecified atom stereocenters. The van der Waals surface area contributed by atoms with E-state index in [2.05, 4.69) is 15.3 Å². The summed E-state index contributed by atoms with van der Waals surface area (Å²) < 4.78 is 8.21.